The second-order valence-electron chi connectivity index (χ2n) is 4.83. The van der Waals surface area contributed by atoms with Crippen molar-refractivity contribution in [1.29, 1.82) is 0 Å². The normalized spacial score (nSPS) is 19.7. The highest BCUT2D eigenvalue weighted by Crippen LogP contribution is 2.19. The Balaban J connectivity index is 2.59. The van der Waals surface area contributed by atoms with Crippen LogP contribution in [0.1, 0.15) is 20.8 Å². The summed E-state index contributed by atoms with van der Waals surface area (Å²) in [5.74, 6) is -0.720. The van der Waals surface area contributed by atoms with Gasteiger partial charge in [-0.15, -0.1) is 0 Å². The van der Waals surface area contributed by atoms with E-state index in [-0.39, 0.29) is 18.5 Å². The number of carbonyl (C=O) groups excluding carboxylic acids is 3. The van der Waals surface area contributed by atoms with E-state index in [9.17, 15) is 14.4 Å². The van der Waals surface area contributed by atoms with Crippen LogP contribution in [0.25, 0.3) is 0 Å². The third-order valence-electron chi connectivity index (χ3n) is 2.82. The molecule has 1 fully saturated rings. The van der Waals surface area contributed by atoms with Crippen LogP contribution < -0.4 is 10.6 Å². The van der Waals surface area contributed by atoms with Gasteiger partial charge in [0, 0.05) is 13.2 Å². The summed E-state index contributed by atoms with van der Waals surface area (Å²) >= 11 is 0. The minimum atomic E-state index is -1.00. The number of imide groups is 1. The maximum Gasteiger partial charge on any atom is 0.325 e. The summed E-state index contributed by atoms with van der Waals surface area (Å²) in [4.78, 5) is 36.0. The smallest absolute Gasteiger partial charge is 0.325 e. The average molecular weight is 257 g/mol. The highest BCUT2D eigenvalue weighted by atomic mass is 16.5. The monoisotopic (exact) mass is 257 g/mol. The molecule has 0 aromatic heterocycles. The predicted octanol–water partition coefficient (Wildman–Crippen LogP) is -0.532. The topological polar surface area (TPSA) is 87.7 Å². The minimum absolute atomic E-state index is 0.146. The number of carbonyl (C=O) groups is 3. The van der Waals surface area contributed by atoms with Crippen LogP contribution in [0.5, 0.6) is 0 Å². The van der Waals surface area contributed by atoms with E-state index < -0.39 is 17.5 Å². The molecule has 7 nitrogen and oxygen atoms in total. The second kappa shape index (κ2) is 5.34. The fraction of sp³-hybridized carbons (Fsp3) is 0.727. The van der Waals surface area contributed by atoms with Crippen LogP contribution in [0.15, 0.2) is 0 Å². The number of hydrogen-bond acceptors (Lipinski definition) is 4. The Morgan fingerprint density at radius 1 is 1.50 bits per heavy atom. The number of hydrogen-bond donors (Lipinski definition) is 2. The van der Waals surface area contributed by atoms with Crippen molar-refractivity contribution in [3.8, 4) is 0 Å². The zero-order chi connectivity index (χ0) is 13.9. The van der Waals surface area contributed by atoms with Gasteiger partial charge in [-0.2, -0.15) is 0 Å². The quantitative estimate of drug-likeness (QED) is 0.648. The molecule has 1 unspecified atom stereocenters. The third kappa shape index (κ3) is 2.98. The average Bonchev–Trinajstić information content (AvgIpc) is 2.41. The Hall–Kier alpha value is -1.63. The molecule has 0 aliphatic carbocycles. The summed E-state index contributed by atoms with van der Waals surface area (Å²) in [6, 6.07) is -0.688. The van der Waals surface area contributed by atoms with E-state index in [0.717, 1.165) is 0 Å². The van der Waals surface area contributed by atoms with E-state index in [4.69, 9.17) is 4.74 Å². The SMILES string of the molecule is COCC(C)NC(=O)CN1C(=O)NC(=O)C1(C)C. The van der Waals surface area contributed by atoms with Crippen LogP contribution in [-0.4, -0.2) is 54.6 Å². The lowest BCUT2D eigenvalue weighted by atomic mass is 10.0. The number of nitrogens with one attached hydrogen (secondary N) is 2. The van der Waals surface area contributed by atoms with Crippen molar-refractivity contribution in [3.05, 3.63) is 0 Å². The summed E-state index contributed by atoms with van der Waals surface area (Å²) < 4.78 is 4.89. The first-order valence-electron chi connectivity index (χ1n) is 5.70. The van der Waals surface area contributed by atoms with E-state index in [2.05, 4.69) is 10.6 Å². The maximum atomic E-state index is 11.7. The van der Waals surface area contributed by atoms with Gasteiger partial charge in [-0.1, -0.05) is 0 Å². The molecule has 0 aromatic carbocycles. The lowest BCUT2D eigenvalue weighted by molar-refractivity contribution is -0.127. The number of amides is 4. The van der Waals surface area contributed by atoms with E-state index in [1.165, 1.54) is 4.90 Å². The van der Waals surface area contributed by atoms with E-state index in [0.29, 0.717) is 6.61 Å². The van der Waals surface area contributed by atoms with Gasteiger partial charge >= 0.3 is 6.03 Å². The third-order valence-corrected chi connectivity index (χ3v) is 2.82. The molecule has 0 saturated carbocycles. The number of nitrogens with zero attached hydrogens (tertiary/aromatic N) is 1. The number of ether oxygens (including phenoxy) is 1. The van der Waals surface area contributed by atoms with Gasteiger partial charge in [0.15, 0.2) is 0 Å². The molecule has 1 rings (SSSR count). The first-order chi connectivity index (χ1) is 8.28. The van der Waals surface area contributed by atoms with Gasteiger partial charge in [-0.3, -0.25) is 14.9 Å². The second-order valence-corrected chi connectivity index (χ2v) is 4.83. The minimum Gasteiger partial charge on any atom is -0.383 e. The van der Waals surface area contributed by atoms with Gasteiger partial charge in [-0.05, 0) is 20.8 Å². The van der Waals surface area contributed by atoms with Crippen LogP contribution in [-0.2, 0) is 14.3 Å². The van der Waals surface area contributed by atoms with Gasteiger partial charge < -0.3 is 15.0 Å². The Bertz CT molecular complexity index is 367. The molecule has 4 amide bonds. The van der Waals surface area contributed by atoms with Gasteiger partial charge in [-0.25, -0.2) is 4.79 Å². The molecule has 0 spiro atoms. The molecule has 0 bridgehead atoms. The molecule has 1 atom stereocenters. The van der Waals surface area contributed by atoms with Crippen molar-refractivity contribution in [2.75, 3.05) is 20.3 Å². The molecule has 2 N–H and O–H groups in total. The van der Waals surface area contributed by atoms with Crippen molar-refractivity contribution < 1.29 is 19.1 Å². The van der Waals surface area contributed by atoms with Crippen molar-refractivity contribution in [2.45, 2.75) is 32.4 Å². The van der Waals surface area contributed by atoms with Crippen LogP contribution in [0.2, 0.25) is 0 Å². The Morgan fingerprint density at radius 2 is 2.11 bits per heavy atom. The highest BCUT2D eigenvalue weighted by molar-refractivity contribution is 6.07. The molecule has 1 heterocycles. The zero-order valence-electron chi connectivity index (χ0n) is 11.1. The van der Waals surface area contributed by atoms with Crippen molar-refractivity contribution in [3.63, 3.8) is 0 Å². The van der Waals surface area contributed by atoms with Gasteiger partial charge in [0.2, 0.25) is 5.91 Å². The molecule has 102 valence electrons. The Morgan fingerprint density at radius 3 is 2.56 bits per heavy atom. The highest BCUT2D eigenvalue weighted by Gasteiger charge is 2.46. The Labute approximate surface area is 106 Å². The molecule has 1 aliphatic rings. The van der Waals surface area contributed by atoms with Gasteiger partial charge in [0.1, 0.15) is 12.1 Å². The molecular weight excluding hydrogens is 238 g/mol. The van der Waals surface area contributed by atoms with Crippen LogP contribution in [0, 0.1) is 0 Å². The molecule has 1 saturated heterocycles. The van der Waals surface area contributed by atoms with E-state index >= 15 is 0 Å². The summed E-state index contributed by atoms with van der Waals surface area (Å²) in [5, 5.41) is 4.87. The van der Waals surface area contributed by atoms with Gasteiger partial charge in [0.25, 0.3) is 5.91 Å². The number of methoxy groups -OCH3 is 1. The lowest BCUT2D eigenvalue weighted by Gasteiger charge is -2.27. The molecular formula is C11H19N3O4. The van der Waals surface area contributed by atoms with Crippen molar-refractivity contribution in [1.82, 2.24) is 15.5 Å². The van der Waals surface area contributed by atoms with Crippen LogP contribution in [0.4, 0.5) is 4.79 Å². The molecule has 0 radical (unpaired) electrons. The number of urea groups is 1. The van der Waals surface area contributed by atoms with Crippen LogP contribution in [0.3, 0.4) is 0 Å². The standard InChI is InChI=1S/C11H19N3O4/c1-7(6-18-4)12-8(15)5-14-10(17)13-9(16)11(14,2)3/h7H,5-6H2,1-4H3,(H,12,15)(H,13,16,17). The lowest BCUT2D eigenvalue weighted by Crippen LogP contribution is -2.50. The van der Waals surface area contributed by atoms with Crippen LogP contribution >= 0.6 is 0 Å². The molecule has 0 aromatic rings. The first-order valence-corrected chi connectivity index (χ1v) is 5.70. The fourth-order valence-corrected chi connectivity index (χ4v) is 1.72. The zero-order valence-corrected chi connectivity index (χ0v) is 11.1. The van der Waals surface area contributed by atoms with Gasteiger partial charge in [0.05, 0.1) is 6.61 Å². The fourth-order valence-electron chi connectivity index (χ4n) is 1.72. The number of rotatable bonds is 5. The molecule has 18 heavy (non-hydrogen) atoms. The summed E-state index contributed by atoms with van der Waals surface area (Å²) in [5.41, 5.74) is -1.00. The predicted molar refractivity (Wildman–Crippen MR) is 63.8 cm³/mol. The van der Waals surface area contributed by atoms with Crippen molar-refractivity contribution in [2.24, 2.45) is 0 Å². The summed E-state index contributed by atoms with van der Waals surface area (Å²) in [7, 11) is 1.54. The molecule has 7 heteroatoms. The van der Waals surface area contributed by atoms with E-state index in [1.54, 1.807) is 27.9 Å². The molecule has 1 aliphatic heterocycles. The summed E-state index contributed by atoms with van der Waals surface area (Å²) in [6.07, 6.45) is 0. The van der Waals surface area contributed by atoms with Crippen molar-refractivity contribution >= 4 is 17.8 Å². The summed E-state index contributed by atoms with van der Waals surface area (Å²) in [6.45, 7) is 5.22. The Kier molecular flexibility index (Phi) is 4.28. The van der Waals surface area contributed by atoms with E-state index in [1.807, 2.05) is 0 Å². The first kappa shape index (κ1) is 14.4. The maximum absolute atomic E-state index is 11.7. The largest absolute Gasteiger partial charge is 0.383 e.